The van der Waals surface area contributed by atoms with Crippen molar-refractivity contribution in [2.75, 3.05) is 33.4 Å². The van der Waals surface area contributed by atoms with Gasteiger partial charge in [-0.2, -0.15) is 0 Å². The average Bonchev–Trinajstić information content (AvgIpc) is 2.51. The number of rotatable bonds is 4. The van der Waals surface area contributed by atoms with Gasteiger partial charge in [0.05, 0.1) is 19.3 Å². The molecule has 0 bridgehead atoms. The van der Waals surface area contributed by atoms with Crippen LogP contribution in [0.4, 0.5) is 0 Å². The van der Waals surface area contributed by atoms with Crippen molar-refractivity contribution < 1.29 is 9.47 Å². The fourth-order valence-electron chi connectivity index (χ4n) is 3.83. The van der Waals surface area contributed by atoms with Crippen molar-refractivity contribution in [3.63, 3.8) is 0 Å². The third kappa shape index (κ3) is 2.62. The van der Waals surface area contributed by atoms with E-state index >= 15 is 0 Å². The maximum atomic E-state index is 6.04. The third-order valence-electron chi connectivity index (χ3n) is 4.93. The Morgan fingerprint density at radius 3 is 2.75 bits per heavy atom. The highest BCUT2D eigenvalue weighted by atomic mass is 16.5. The number of fused-ring (bicyclic) bond motifs is 2. The Labute approximate surface area is 121 Å². The topological polar surface area (TPSA) is 30.5 Å². The van der Waals surface area contributed by atoms with Crippen LogP contribution in [0.5, 0.6) is 0 Å². The second-order valence-electron chi connectivity index (χ2n) is 6.01. The zero-order valence-electron chi connectivity index (χ0n) is 12.4. The molecule has 1 spiro atoms. The highest BCUT2D eigenvalue weighted by molar-refractivity contribution is 5.39. The molecule has 1 fully saturated rings. The molecule has 0 amide bonds. The summed E-state index contributed by atoms with van der Waals surface area (Å²) in [7, 11) is 1.72. The predicted molar refractivity (Wildman–Crippen MR) is 80.0 cm³/mol. The largest absolute Gasteiger partial charge is 0.382 e. The molecule has 1 aliphatic carbocycles. The van der Waals surface area contributed by atoms with E-state index in [2.05, 4.69) is 29.6 Å². The Bertz CT molecular complexity index is 440. The average molecular weight is 275 g/mol. The number of hydrogen-bond acceptors (Lipinski definition) is 3. The quantitative estimate of drug-likeness (QED) is 0.857. The third-order valence-corrected chi connectivity index (χ3v) is 4.93. The van der Waals surface area contributed by atoms with Gasteiger partial charge in [-0.1, -0.05) is 24.3 Å². The van der Waals surface area contributed by atoms with Crippen LogP contribution in [-0.4, -0.2) is 33.4 Å². The Balaban J connectivity index is 1.83. The Kier molecular flexibility index (Phi) is 4.39. The maximum absolute atomic E-state index is 6.04. The van der Waals surface area contributed by atoms with E-state index in [1.165, 1.54) is 30.4 Å². The standard InChI is InChI=1S/C17H25NO2/c1-19-12-13-20-16-6-7-17(8-10-18-11-9-17)15-5-3-2-4-14(15)16/h2-5,16,18H,6-13H2,1H3/t16-/m1/s1. The first-order chi connectivity index (χ1) is 9.86. The summed E-state index contributed by atoms with van der Waals surface area (Å²) in [5, 5.41) is 3.49. The molecule has 3 heteroatoms. The number of ether oxygens (including phenoxy) is 2. The van der Waals surface area contributed by atoms with Gasteiger partial charge in [0.1, 0.15) is 0 Å². The van der Waals surface area contributed by atoms with Crippen molar-refractivity contribution in [1.29, 1.82) is 0 Å². The molecule has 0 radical (unpaired) electrons. The highest BCUT2D eigenvalue weighted by Gasteiger charge is 2.40. The Hall–Kier alpha value is -0.900. The van der Waals surface area contributed by atoms with Crippen molar-refractivity contribution in [2.45, 2.75) is 37.2 Å². The summed E-state index contributed by atoms with van der Waals surface area (Å²) in [6.07, 6.45) is 5.16. The van der Waals surface area contributed by atoms with Crippen LogP contribution in [0.1, 0.15) is 42.9 Å². The van der Waals surface area contributed by atoms with E-state index in [1.807, 2.05) is 0 Å². The second-order valence-corrected chi connectivity index (χ2v) is 6.01. The number of methoxy groups -OCH3 is 1. The Morgan fingerprint density at radius 1 is 1.15 bits per heavy atom. The predicted octanol–water partition coefficient (Wildman–Crippen LogP) is 2.81. The summed E-state index contributed by atoms with van der Waals surface area (Å²) in [6, 6.07) is 8.91. The molecule has 1 saturated heterocycles. The van der Waals surface area contributed by atoms with Gasteiger partial charge < -0.3 is 14.8 Å². The zero-order chi connectivity index (χ0) is 13.8. The lowest BCUT2D eigenvalue weighted by Gasteiger charge is -2.44. The van der Waals surface area contributed by atoms with Gasteiger partial charge in [-0.25, -0.2) is 0 Å². The molecule has 0 saturated carbocycles. The van der Waals surface area contributed by atoms with Crippen LogP contribution >= 0.6 is 0 Å². The molecule has 110 valence electrons. The molecular weight excluding hydrogens is 250 g/mol. The van der Waals surface area contributed by atoms with Gasteiger partial charge in [0.25, 0.3) is 0 Å². The van der Waals surface area contributed by atoms with E-state index in [1.54, 1.807) is 7.11 Å². The molecule has 1 N–H and O–H groups in total. The van der Waals surface area contributed by atoms with E-state index in [-0.39, 0.29) is 6.10 Å². The molecular formula is C17H25NO2. The molecule has 3 rings (SSSR count). The molecule has 1 aromatic carbocycles. The first-order valence-corrected chi connectivity index (χ1v) is 7.76. The lowest BCUT2D eigenvalue weighted by Crippen LogP contribution is -2.42. The molecule has 1 atom stereocenters. The molecule has 2 aliphatic rings. The highest BCUT2D eigenvalue weighted by Crippen LogP contribution is 2.47. The van der Waals surface area contributed by atoms with Crippen LogP contribution in [-0.2, 0) is 14.9 Å². The van der Waals surface area contributed by atoms with Gasteiger partial charge in [-0.15, -0.1) is 0 Å². The molecule has 3 nitrogen and oxygen atoms in total. The summed E-state index contributed by atoms with van der Waals surface area (Å²) in [6.45, 7) is 3.64. The van der Waals surface area contributed by atoms with Gasteiger partial charge in [-0.3, -0.25) is 0 Å². The van der Waals surface area contributed by atoms with Crippen LogP contribution in [0, 0.1) is 0 Å². The van der Waals surface area contributed by atoms with E-state index in [9.17, 15) is 0 Å². The van der Waals surface area contributed by atoms with Crippen LogP contribution < -0.4 is 5.32 Å². The molecule has 0 aromatic heterocycles. The smallest absolute Gasteiger partial charge is 0.0829 e. The summed E-state index contributed by atoms with van der Waals surface area (Å²) >= 11 is 0. The van der Waals surface area contributed by atoms with Crippen molar-refractivity contribution in [3.8, 4) is 0 Å². The van der Waals surface area contributed by atoms with Gasteiger partial charge in [-0.05, 0) is 55.3 Å². The molecule has 20 heavy (non-hydrogen) atoms. The second kappa shape index (κ2) is 6.25. The van der Waals surface area contributed by atoms with Crippen molar-refractivity contribution in [3.05, 3.63) is 35.4 Å². The normalized spacial score (nSPS) is 24.6. The van der Waals surface area contributed by atoms with E-state index in [0.29, 0.717) is 18.6 Å². The van der Waals surface area contributed by atoms with Crippen molar-refractivity contribution >= 4 is 0 Å². The van der Waals surface area contributed by atoms with Crippen LogP contribution in [0.15, 0.2) is 24.3 Å². The Morgan fingerprint density at radius 2 is 1.95 bits per heavy atom. The van der Waals surface area contributed by atoms with Gasteiger partial charge in [0.15, 0.2) is 0 Å². The number of benzene rings is 1. The lowest BCUT2D eigenvalue weighted by molar-refractivity contribution is -0.000282. The minimum Gasteiger partial charge on any atom is -0.382 e. The lowest BCUT2D eigenvalue weighted by atomic mass is 9.64. The number of nitrogens with one attached hydrogen (secondary N) is 1. The zero-order valence-corrected chi connectivity index (χ0v) is 12.4. The summed E-state index contributed by atoms with van der Waals surface area (Å²) in [5.41, 5.74) is 3.34. The number of piperidine rings is 1. The first-order valence-electron chi connectivity index (χ1n) is 7.76. The van der Waals surface area contributed by atoms with Crippen LogP contribution in [0.25, 0.3) is 0 Å². The van der Waals surface area contributed by atoms with Crippen molar-refractivity contribution in [2.24, 2.45) is 0 Å². The van der Waals surface area contributed by atoms with Gasteiger partial charge >= 0.3 is 0 Å². The summed E-state index contributed by atoms with van der Waals surface area (Å²) < 4.78 is 11.1. The van der Waals surface area contributed by atoms with Crippen molar-refractivity contribution in [1.82, 2.24) is 5.32 Å². The monoisotopic (exact) mass is 275 g/mol. The van der Waals surface area contributed by atoms with Gasteiger partial charge in [0, 0.05) is 7.11 Å². The summed E-state index contributed by atoms with van der Waals surface area (Å²) in [5.74, 6) is 0. The molecule has 1 heterocycles. The van der Waals surface area contributed by atoms with E-state index in [0.717, 1.165) is 19.5 Å². The fourth-order valence-corrected chi connectivity index (χ4v) is 3.83. The SMILES string of the molecule is COCCO[C@@H]1CCC2(CCNCC2)c2ccccc21. The molecule has 0 unspecified atom stereocenters. The molecule has 1 aliphatic heterocycles. The first kappa shape index (κ1) is 14.1. The minimum atomic E-state index is 0.252. The van der Waals surface area contributed by atoms with Crippen LogP contribution in [0.2, 0.25) is 0 Å². The maximum Gasteiger partial charge on any atom is 0.0829 e. The van der Waals surface area contributed by atoms with E-state index in [4.69, 9.17) is 9.47 Å². The molecule has 1 aromatic rings. The fraction of sp³-hybridized carbons (Fsp3) is 0.647. The van der Waals surface area contributed by atoms with E-state index < -0.39 is 0 Å². The van der Waals surface area contributed by atoms with Gasteiger partial charge in [0.2, 0.25) is 0 Å². The minimum absolute atomic E-state index is 0.252. The number of hydrogen-bond donors (Lipinski definition) is 1. The van der Waals surface area contributed by atoms with Crippen LogP contribution in [0.3, 0.4) is 0 Å². The summed E-state index contributed by atoms with van der Waals surface area (Å²) in [4.78, 5) is 0.